The lowest BCUT2D eigenvalue weighted by atomic mass is 10.1. The van der Waals surface area contributed by atoms with Crippen LogP contribution < -0.4 is 15.4 Å². The molecule has 2 amide bonds. The highest BCUT2D eigenvalue weighted by Gasteiger charge is 2.17. The number of ether oxygens (including phenoxy) is 1. The van der Waals surface area contributed by atoms with Crippen molar-refractivity contribution in [1.29, 1.82) is 0 Å². The molecule has 38 heavy (non-hydrogen) atoms. The van der Waals surface area contributed by atoms with Crippen LogP contribution in [0.25, 0.3) is 21.5 Å². The Morgan fingerprint density at radius 2 is 1.24 bits per heavy atom. The first kappa shape index (κ1) is 26.6. The number of aliphatic carboxylic acids is 1. The number of carbonyl (C=O) groups is 2. The number of carbonyl (C=O) groups excluding carboxylic acids is 1. The van der Waals surface area contributed by atoms with Crippen molar-refractivity contribution in [3.8, 4) is 11.5 Å². The number of phenolic OH excluding ortho intramolecular Hbond substituents is 1. The van der Waals surface area contributed by atoms with Crippen molar-refractivity contribution in [3.05, 3.63) is 60.7 Å². The number of anilines is 2. The van der Waals surface area contributed by atoms with E-state index in [1.54, 1.807) is 0 Å². The van der Waals surface area contributed by atoms with Crippen LogP contribution in [-0.2, 0) is 25.0 Å². The number of phenols is 1. The fourth-order valence-corrected chi connectivity index (χ4v) is 4.71. The van der Waals surface area contributed by atoms with Crippen molar-refractivity contribution < 1.29 is 50.5 Å². The molecule has 0 atom stereocenters. The molecule has 198 valence electrons. The van der Waals surface area contributed by atoms with Crippen LogP contribution in [0.1, 0.15) is 0 Å². The van der Waals surface area contributed by atoms with Crippen molar-refractivity contribution in [2.45, 2.75) is 9.79 Å². The third kappa shape index (κ3) is 5.92. The fourth-order valence-electron chi connectivity index (χ4n) is 3.64. The van der Waals surface area contributed by atoms with Gasteiger partial charge in [-0.3, -0.25) is 9.11 Å². The minimum atomic E-state index is -4.66. The van der Waals surface area contributed by atoms with Gasteiger partial charge >= 0.3 is 12.0 Å². The summed E-state index contributed by atoms with van der Waals surface area (Å²) in [6.07, 6.45) is 0. The molecule has 0 heterocycles. The summed E-state index contributed by atoms with van der Waals surface area (Å²) < 4.78 is 70.0. The fraction of sp³-hybridized carbons (Fsp3) is 0.0435. The summed E-state index contributed by atoms with van der Waals surface area (Å²) in [5, 5.41) is 25.0. The highest BCUT2D eigenvalue weighted by molar-refractivity contribution is 7.86. The first-order valence-corrected chi connectivity index (χ1v) is 13.3. The molecule has 6 N–H and O–H groups in total. The van der Waals surface area contributed by atoms with E-state index in [1.807, 2.05) is 0 Å². The van der Waals surface area contributed by atoms with Crippen LogP contribution in [0.4, 0.5) is 16.2 Å². The number of amides is 2. The zero-order valence-corrected chi connectivity index (χ0v) is 20.6. The lowest BCUT2D eigenvalue weighted by Gasteiger charge is -2.13. The van der Waals surface area contributed by atoms with Gasteiger partial charge in [0.2, 0.25) is 0 Å². The molecule has 0 radical (unpaired) electrons. The second-order valence-corrected chi connectivity index (χ2v) is 10.8. The predicted molar refractivity (Wildman–Crippen MR) is 135 cm³/mol. The summed E-state index contributed by atoms with van der Waals surface area (Å²) in [6.45, 7) is -0.762. The van der Waals surface area contributed by atoms with Gasteiger partial charge in [-0.1, -0.05) is 0 Å². The van der Waals surface area contributed by atoms with Gasteiger partial charge < -0.3 is 25.6 Å². The Morgan fingerprint density at radius 3 is 1.76 bits per heavy atom. The van der Waals surface area contributed by atoms with Crippen molar-refractivity contribution in [3.63, 3.8) is 0 Å². The molecular weight excluding hydrogens is 544 g/mol. The van der Waals surface area contributed by atoms with Gasteiger partial charge in [-0.15, -0.1) is 0 Å². The summed E-state index contributed by atoms with van der Waals surface area (Å²) in [5.41, 5.74) is 0.402. The molecule has 0 aliphatic carbocycles. The number of carboxylic acid groups (broad SMARTS) is 1. The van der Waals surface area contributed by atoms with Gasteiger partial charge in [0.25, 0.3) is 20.2 Å². The Morgan fingerprint density at radius 1 is 0.737 bits per heavy atom. The van der Waals surface area contributed by atoms with Crippen LogP contribution >= 0.6 is 0 Å². The molecular formula is C23H18N2O11S2. The molecule has 4 aromatic carbocycles. The Hall–Kier alpha value is -4.44. The molecule has 4 aromatic rings. The third-order valence-electron chi connectivity index (χ3n) is 5.26. The van der Waals surface area contributed by atoms with Crippen LogP contribution in [0.2, 0.25) is 0 Å². The third-order valence-corrected chi connectivity index (χ3v) is 6.92. The van der Waals surface area contributed by atoms with Crippen molar-refractivity contribution in [1.82, 2.24) is 0 Å². The normalized spacial score (nSPS) is 11.8. The summed E-state index contributed by atoms with van der Waals surface area (Å²) in [7, 11) is -9.25. The Balaban J connectivity index is 1.62. The van der Waals surface area contributed by atoms with Crippen LogP contribution in [0.15, 0.2) is 70.5 Å². The highest BCUT2D eigenvalue weighted by atomic mass is 32.2. The molecule has 0 aliphatic heterocycles. The lowest BCUT2D eigenvalue weighted by molar-refractivity contribution is -0.139. The van der Waals surface area contributed by atoms with Gasteiger partial charge in [-0.2, -0.15) is 16.8 Å². The number of hydrogen-bond donors (Lipinski definition) is 6. The van der Waals surface area contributed by atoms with Crippen LogP contribution in [0.5, 0.6) is 11.5 Å². The Labute approximate surface area is 214 Å². The second-order valence-electron chi connectivity index (χ2n) is 7.95. The number of urea groups is 1. The molecule has 0 bridgehead atoms. The number of fused-ring (bicyclic) bond motifs is 2. The number of benzene rings is 4. The molecule has 0 fully saturated rings. The quantitative estimate of drug-likeness (QED) is 0.180. The number of nitrogens with one attached hydrogen (secondary N) is 2. The Bertz CT molecular complexity index is 1840. The summed E-state index contributed by atoms with van der Waals surface area (Å²) >= 11 is 0. The maximum absolute atomic E-state index is 12.6. The van der Waals surface area contributed by atoms with E-state index < -0.39 is 54.4 Å². The standard InChI is InChI=1S/C23H18N2O11S2/c26-20-9-16(37(30,31)32)7-12-5-14(1-3-18(12)20)24-23(29)25-15-2-4-19-13(6-15)8-17(38(33,34)35)10-21(19)36-11-22(27)28/h1-10,26H,11H2,(H,27,28)(H2,24,25,29)(H,30,31,32)(H,33,34,35). The topological polar surface area (TPSA) is 217 Å². The zero-order chi connectivity index (χ0) is 27.8. The van der Waals surface area contributed by atoms with E-state index in [2.05, 4.69) is 10.6 Å². The number of rotatable bonds is 7. The van der Waals surface area contributed by atoms with Crippen LogP contribution in [-0.4, -0.2) is 54.8 Å². The number of carboxylic acids is 1. The molecule has 0 unspecified atom stereocenters. The van der Waals surface area contributed by atoms with E-state index in [0.29, 0.717) is 5.39 Å². The number of hydrogen-bond acceptors (Lipinski definition) is 8. The zero-order valence-electron chi connectivity index (χ0n) is 18.9. The van der Waals surface area contributed by atoms with Gasteiger partial charge in [0.05, 0.1) is 9.79 Å². The van der Waals surface area contributed by atoms with Crippen LogP contribution in [0, 0.1) is 0 Å². The van der Waals surface area contributed by atoms with E-state index in [-0.39, 0.29) is 33.3 Å². The van der Waals surface area contributed by atoms with Gasteiger partial charge in [-0.25, -0.2) is 9.59 Å². The van der Waals surface area contributed by atoms with Gasteiger partial charge in [0, 0.05) is 34.3 Å². The van der Waals surface area contributed by atoms with Crippen molar-refractivity contribution in [2.24, 2.45) is 0 Å². The summed E-state index contributed by atoms with van der Waals surface area (Å²) in [4.78, 5) is 22.4. The molecule has 0 aliphatic rings. The SMILES string of the molecule is O=C(O)COc1cc(S(=O)(=O)O)cc2cc(NC(=O)Nc3ccc4c(O)cc(S(=O)(=O)O)cc4c3)ccc12. The molecule has 0 aromatic heterocycles. The maximum Gasteiger partial charge on any atom is 0.341 e. The lowest BCUT2D eigenvalue weighted by Crippen LogP contribution is -2.19. The van der Waals surface area contributed by atoms with E-state index >= 15 is 0 Å². The Kier molecular flexibility index (Phi) is 6.86. The van der Waals surface area contributed by atoms with Crippen molar-refractivity contribution in [2.75, 3.05) is 17.2 Å². The number of aromatic hydroxyl groups is 1. The largest absolute Gasteiger partial charge is 0.507 e. The molecule has 0 saturated heterocycles. The van der Waals surface area contributed by atoms with E-state index in [9.17, 15) is 40.6 Å². The first-order chi connectivity index (χ1) is 17.7. The minimum Gasteiger partial charge on any atom is -0.507 e. The molecule has 0 saturated carbocycles. The maximum atomic E-state index is 12.6. The molecule has 15 heteroatoms. The van der Waals surface area contributed by atoms with Gasteiger partial charge in [-0.05, 0) is 59.3 Å². The van der Waals surface area contributed by atoms with E-state index in [0.717, 1.165) is 24.3 Å². The van der Waals surface area contributed by atoms with Gasteiger partial charge in [0.1, 0.15) is 11.5 Å². The monoisotopic (exact) mass is 562 g/mol. The minimum absolute atomic E-state index is 0.114. The average molecular weight is 563 g/mol. The summed E-state index contributed by atoms with van der Waals surface area (Å²) in [5.74, 6) is -1.81. The molecule has 0 spiro atoms. The predicted octanol–water partition coefficient (Wildman–Crippen LogP) is 3.30. The molecule has 4 rings (SSSR count). The molecule has 13 nitrogen and oxygen atoms in total. The highest BCUT2D eigenvalue weighted by Crippen LogP contribution is 2.33. The van der Waals surface area contributed by atoms with Crippen LogP contribution in [0.3, 0.4) is 0 Å². The van der Waals surface area contributed by atoms with Crippen molar-refractivity contribution >= 4 is 65.2 Å². The second kappa shape index (κ2) is 9.79. The average Bonchev–Trinajstić information content (AvgIpc) is 2.80. The van der Waals surface area contributed by atoms with Gasteiger partial charge in [0.15, 0.2) is 6.61 Å². The van der Waals surface area contributed by atoms with E-state index in [1.165, 1.54) is 36.4 Å². The summed E-state index contributed by atoms with van der Waals surface area (Å²) in [6, 6.07) is 11.9. The van der Waals surface area contributed by atoms with E-state index in [4.69, 9.17) is 9.84 Å². The smallest absolute Gasteiger partial charge is 0.341 e. The first-order valence-electron chi connectivity index (χ1n) is 10.4.